The van der Waals surface area contributed by atoms with E-state index in [1.165, 1.54) is 6.33 Å². The fraction of sp³-hybridized carbons (Fsp3) is 0.500. The van der Waals surface area contributed by atoms with Gasteiger partial charge in [0, 0.05) is 15.5 Å². The van der Waals surface area contributed by atoms with Crippen LogP contribution in [-0.4, -0.2) is 45.7 Å². The topological polar surface area (TPSA) is 39.9 Å². The van der Waals surface area contributed by atoms with E-state index >= 15 is 0 Å². The van der Waals surface area contributed by atoms with E-state index in [-0.39, 0.29) is 0 Å². The molecule has 106 valence electrons. The number of halogens is 2. The van der Waals surface area contributed by atoms with Gasteiger partial charge in [0.05, 0.1) is 12.0 Å². The Morgan fingerprint density at radius 1 is 1.37 bits per heavy atom. The lowest BCUT2D eigenvalue weighted by atomic mass is 10.4. The summed E-state index contributed by atoms with van der Waals surface area (Å²) in [5.41, 5.74) is 0.826. The summed E-state index contributed by atoms with van der Waals surface area (Å²) in [6.45, 7) is 1.27. The SMILES string of the molecule is CS(C)(C)CCOCn1cc(I)c2c(Cl)ncnc21. The zero-order valence-electron chi connectivity index (χ0n) is 11.2. The summed E-state index contributed by atoms with van der Waals surface area (Å²) in [4.78, 5) is 8.29. The standard InChI is InChI=1S/C12H17ClIN3OS/c1-19(2,3)5-4-18-8-17-6-9(14)10-11(13)15-7-16-12(10)17/h6-7H,4-5,8H2,1-3H3. The first-order valence-electron chi connectivity index (χ1n) is 5.77. The molecule has 0 N–H and O–H groups in total. The van der Waals surface area contributed by atoms with Crippen LogP contribution >= 0.6 is 44.2 Å². The van der Waals surface area contributed by atoms with Gasteiger partial charge >= 0.3 is 0 Å². The molecule has 2 heterocycles. The summed E-state index contributed by atoms with van der Waals surface area (Å²) in [6.07, 6.45) is 10.3. The fourth-order valence-corrected chi connectivity index (χ4v) is 3.45. The molecule has 0 spiro atoms. The molecule has 2 aromatic rings. The van der Waals surface area contributed by atoms with Crippen LogP contribution in [0.4, 0.5) is 0 Å². The second-order valence-electron chi connectivity index (χ2n) is 5.14. The highest BCUT2D eigenvalue weighted by molar-refractivity contribution is 14.1. The van der Waals surface area contributed by atoms with Crippen molar-refractivity contribution in [3.05, 3.63) is 21.2 Å². The molecule has 0 amide bonds. The largest absolute Gasteiger partial charge is 0.360 e. The lowest BCUT2D eigenvalue weighted by Gasteiger charge is -2.24. The molecule has 0 atom stereocenters. The molecule has 7 heteroatoms. The van der Waals surface area contributed by atoms with E-state index in [9.17, 15) is 0 Å². The number of nitrogens with zero attached hydrogens (tertiary/aromatic N) is 3. The van der Waals surface area contributed by atoms with Crippen LogP contribution in [0.5, 0.6) is 0 Å². The maximum atomic E-state index is 6.09. The molecular formula is C12H17ClIN3OS. The molecule has 0 saturated heterocycles. The van der Waals surface area contributed by atoms with E-state index in [4.69, 9.17) is 16.3 Å². The van der Waals surface area contributed by atoms with Crippen molar-refractivity contribution in [1.29, 1.82) is 0 Å². The van der Waals surface area contributed by atoms with Gasteiger partial charge in [-0.25, -0.2) is 20.0 Å². The van der Waals surface area contributed by atoms with Crippen LogP contribution in [0.25, 0.3) is 11.0 Å². The number of fused-ring (bicyclic) bond motifs is 1. The van der Waals surface area contributed by atoms with Crippen LogP contribution in [0.15, 0.2) is 12.5 Å². The zero-order valence-corrected chi connectivity index (χ0v) is 14.9. The summed E-state index contributed by atoms with van der Waals surface area (Å²) in [5, 5.41) is 1.39. The molecule has 0 aromatic carbocycles. The van der Waals surface area contributed by atoms with Gasteiger partial charge in [0.25, 0.3) is 0 Å². The van der Waals surface area contributed by atoms with Gasteiger partial charge in [-0.15, -0.1) is 0 Å². The Hall–Kier alpha value is -0.0500. The maximum absolute atomic E-state index is 6.09. The summed E-state index contributed by atoms with van der Waals surface area (Å²) < 4.78 is 8.75. The Balaban J connectivity index is 2.08. The molecule has 0 aliphatic carbocycles. The lowest BCUT2D eigenvalue weighted by Crippen LogP contribution is -2.09. The molecule has 0 aliphatic rings. The van der Waals surface area contributed by atoms with Crippen LogP contribution in [0, 0.1) is 3.57 Å². The fourth-order valence-electron chi connectivity index (χ4n) is 1.61. The Labute approximate surface area is 133 Å². The maximum Gasteiger partial charge on any atom is 0.147 e. The van der Waals surface area contributed by atoms with Crippen molar-refractivity contribution >= 4 is 55.3 Å². The highest BCUT2D eigenvalue weighted by Gasteiger charge is 2.12. The van der Waals surface area contributed by atoms with Crippen molar-refractivity contribution in [3.63, 3.8) is 0 Å². The Morgan fingerprint density at radius 3 is 2.79 bits per heavy atom. The van der Waals surface area contributed by atoms with E-state index in [1.807, 2.05) is 10.8 Å². The summed E-state index contributed by atoms with van der Waals surface area (Å²) >= 11 is 8.33. The van der Waals surface area contributed by atoms with Crippen molar-refractivity contribution < 1.29 is 4.74 Å². The van der Waals surface area contributed by atoms with Crippen molar-refractivity contribution in [2.75, 3.05) is 31.1 Å². The van der Waals surface area contributed by atoms with E-state index < -0.39 is 10.0 Å². The minimum absolute atomic E-state index is 0.493. The summed E-state index contributed by atoms with van der Waals surface area (Å²) in [7, 11) is -0.505. The average molecular weight is 414 g/mol. The first-order valence-corrected chi connectivity index (χ1v) is 10.3. The minimum atomic E-state index is -0.505. The van der Waals surface area contributed by atoms with Crippen LogP contribution in [-0.2, 0) is 11.5 Å². The first-order chi connectivity index (χ1) is 8.88. The number of rotatable bonds is 5. The monoisotopic (exact) mass is 413 g/mol. The van der Waals surface area contributed by atoms with Crippen molar-refractivity contribution in [2.45, 2.75) is 6.73 Å². The molecule has 0 saturated carbocycles. The lowest BCUT2D eigenvalue weighted by molar-refractivity contribution is 0.0923. The molecule has 2 aromatic heterocycles. The van der Waals surface area contributed by atoms with Gasteiger partial charge in [-0.1, -0.05) is 11.6 Å². The van der Waals surface area contributed by atoms with E-state index in [0.717, 1.165) is 27.0 Å². The van der Waals surface area contributed by atoms with Gasteiger partial charge in [0.15, 0.2) is 0 Å². The van der Waals surface area contributed by atoms with E-state index in [1.54, 1.807) is 0 Å². The highest BCUT2D eigenvalue weighted by Crippen LogP contribution is 2.33. The Bertz CT molecular complexity index is 582. The smallest absolute Gasteiger partial charge is 0.147 e. The number of hydrogen-bond donors (Lipinski definition) is 0. The molecule has 0 aliphatic heterocycles. The minimum Gasteiger partial charge on any atom is -0.360 e. The van der Waals surface area contributed by atoms with E-state index in [2.05, 4.69) is 51.3 Å². The third-order valence-corrected chi connectivity index (χ3v) is 5.13. The molecule has 4 nitrogen and oxygen atoms in total. The molecule has 0 fully saturated rings. The predicted molar refractivity (Wildman–Crippen MR) is 91.4 cm³/mol. The van der Waals surface area contributed by atoms with Crippen LogP contribution in [0.2, 0.25) is 5.15 Å². The predicted octanol–water partition coefficient (Wildman–Crippen LogP) is 3.36. The van der Waals surface area contributed by atoms with Crippen molar-refractivity contribution in [1.82, 2.24) is 14.5 Å². The number of aromatic nitrogens is 3. The van der Waals surface area contributed by atoms with Crippen molar-refractivity contribution in [2.24, 2.45) is 0 Å². The van der Waals surface area contributed by atoms with Gasteiger partial charge in [-0.3, -0.25) is 0 Å². The van der Waals surface area contributed by atoms with Gasteiger partial charge < -0.3 is 9.30 Å². The van der Waals surface area contributed by atoms with Gasteiger partial charge in [0.1, 0.15) is 23.9 Å². The average Bonchev–Trinajstić information content (AvgIpc) is 2.62. The van der Waals surface area contributed by atoms with Gasteiger partial charge in [0.2, 0.25) is 0 Å². The van der Waals surface area contributed by atoms with Crippen LogP contribution < -0.4 is 0 Å². The highest BCUT2D eigenvalue weighted by atomic mass is 127. The molecule has 2 rings (SSSR count). The third kappa shape index (κ3) is 3.96. The molecule has 0 bridgehead atoms. The summed E-state index contributed by atoms with van der Waals surface area (Å²) in [5.74, 6) is 1.11. The molecule has 0 radical (unpaired) electrons. The Kier molecular flexibility index (Phi) is 4.97. The molecule has 0 unspecified atom stereocenters. The van der Waals surface area contributed by atoms with Crippen LogP contribution in [0.3, 0.4) is 0 Å². The zero-order chi connectivity index (χ0) is 14.0. The second-order valence-corrected chi connectivity index (χ2v) is 11.3. The summed E-state index contributed by atoms with van der Waals surface area (Å²) in [6, 6.07) is 0. The third-order valence-electron chi connectivity index (χ3n) is 2.63. The van der Waals surface area contributed by atoms with Gasteiger partial charge in [-0.05, 0) is 41.4 Å². The van der Waals surface area contributed by atoms with Gasteiger partial charge in [-0.2, -0.15) is 0 Å². The van der Waals surface area contributed by atoms with Crippen LogP contribution in [0.1, 0.15) is 0 Å². The normalized spacial score (nSPS) is 13.1. The number of ether oxygens (including phenoxy) is 1. The Morgan fingerprint density at radius 2 is 2.11 bits per heavy atom. The second kappa shape index (κ2) is 6.15. The number of hydrogen-bond acceptors (Lipinski definition) is 3. The first kappa shape index (κ1) is 15.3. The van der Waals surface area contributed by atoms with E-state index in [0.29, 0.717) is 11.9 Å². The van der Waals surface area contributed by atoms with Crippen molar-refractivity contribution in [3.8, 4) is 0 Å². The molecule has 19 heavy (non-hydrogen) atoms. The quantitative estimate of drug-likeness (QED) is 0.429. The molecular weight excluding hydrogens is 397 g/mol.